The van der Waals surface area contributed by atoms with Crippen molar-refractivity contribution in [2.24, 2.45) is 5.41 Å². The maximum Gasteiger partial charge on any atom is 0.222 e. The van der Waals surface area contributed by atoms with E-state index in [1.807, 2.05) is 24.1 Å². The molecule has 2 heterocycles. The highest BCUT2D eigenvalue weighted by Crippen LogP contribution is 2.41. The minimum atomic E-state index is 0.321. The lowest BCUT2D eigenvalue weighted by molar-refractivity contribution is -0.129. The van der Waals surface area contributed by atoms with Gasteiger partial charge < -0.3 is 9.64 Å². The van der Waals surface area contributed by atoms with E-state index in [9.17, 15) is 4.79 Å². The highest BCUT2D eigenvalue weighted by Gasteiger charge is 2.36. The van der Waals surface area contributed by atoms with E-state index in [4.69, 9.17) is 4.74 Å². The van der Waals surface area contributed by atoms with Gasteiger partial charge >= 0.3 is 0 Å². The van der Waals surface area contributed by atoms with Gasteiger partial charge in [-0.15, -0.1) is 0 Å². The number of ether oxygens (including phenoxy) is 1. The molecule has 25 heavy (non-hydrogen) atoms. The molecule has 1 amide bonds. The van der Waals surface area contributed by atoms with Gasteiger partial charge in [0.25, 0.3) is 0 Å². The van der Waals surface area contributed by atoms with E-state index in [1.165, 1.54) is 24.8 Å². The number of hydrogen-bond acceptors (Lipinski definition) is 3. The van der Waals surface area contributed by atoms with Crippen molar-refractivity contribution in [1.82, 2.24) is 9.80 Å². The molecular weight excluding hydrogens is 312 g/mol. The molecule has 0 saturated carbocycles. The summed E-state index contributed by atoms with van der Waals surface area (Å²) in [4.78, 5) is 16.4. The Kier molecular flexibility index (Phi) is 5.79. The van der Waals surface area contributed by atoms with Gasteiger partial charge in [0.05, 0.1) is 7.11 Å². The van der Waals surface area contributed by atoms with Crippen LogP contribution >= 0.6 is 0 Å². The molecule has 2 aliphatic rings. The molecule has 0 unspecified atom stereocenters. The summed E-state index contributed by atoms with van der Waals surface area (Å²) >= 11 is 0. The summed E-state index contributed by atoms with van der Waals surface area (Å²) in [6.45, 7) is 4.22. The lowest BCUT2D eigenvalue weighted by atomic mass is 9.73. The van der Waals surface area contributed by atoms with E-state index >= 15 is 0 Å². The second-order valence-corrected chi connectivity index (χ2v) is 7.54. The third-order valence-corrected chi connectivity index (χ3v) is 5.98. The summed E-state index contributed by atoms with van der Waals surface area (Å²) in [6.07, 6.45) is 9.87. The van der Waals surface area contributed by atoms with Gasteiger partial charge in [0.15, 0.2) is 0 Å². The predicted octanol–water partition coefficient (Wildman–Crippen LogP) is 3.43. The summed E-state index contributed by atoms with van der Waals surface area (Å²) in [5.41, 5.74) is 1.61. The molecule has 3 rings (SSSR count). The lowest BCUT2D eigenvalue weighted by Crippen LogP contribution is -2.40. The topological polar surface area (TPSA) is 32.8 Å². The van der Waals surface area contributed by atoms with Crippen LogP contribution < -0.4 is 4.74 Å². The van der Waals surface area contributed by atoms with Crippen molar-refractivity contribution in [2.45, 2.75) is 32.1 Å². The van der Waals surface area contributed by atoms with Gasteiger partial charge in [-0.3, -0.25) is 9.69 Å². The van der Waals surface area contributed by atoms with Crippen LogP contribution in [0.5, 0.6) is 5.75 Å². The molecule has 0 N–H and O–H groups in total. The molecule has 136 valence electrons. The van der Waals surface area contributed by atoms with Crippen LogP contribution in [0.25, 0.3) is 6.08 Å². The molecule has 4 nitrogen and oxygen atoms in total. The molecular formula is C21H30N2O2. The van der Waals surface area contributed by atoms with Crippen LogP contribution in [0, 0.1) is 5.41 Å². The van der Waals surface area contributed by atoms with Gasteiger partial charge in [-0.2, -0.15) is 0 Å². The SMILES string of the molecule is COc1ccc(/C=C/CN2CCC3(CCC(=O)N(C)CC3)CC2)cc1. The van der Waals surface area contributed by atoms with E-state index in [0.717, 1.165) is 44.8 Å². The summed E-state index contributed by atoms with van der Waals surface area (Å²) in [6, 6.07) is 8.16. The van der Waals surface area contributed by atoms with E-state index in [0.29, 0.717) is 11.3 Å². The summed E-state index contributed by atoms with van der Waals surface area (Å²) in [7, 11) is 3.64. The Morgan fingerprint density at radius 3 is 2.44 bits per heavy atom. The maximum absolute atomic E-state index is 11.9. The number of carbonyl (C=O) groups excluding carboxylic acids is 1. The zero-order valence-corrected chi connectivity index (χ0v) is 15.5. The molecule has 1 aromatic carbocycles. The Morgan fingerprint density at radius 2 is 1.76 bits per heavy atom. The summed E-state index contributed by atoms with van der Waals surface area (Å²) in [5, 5.41) is 0. The van der Waals surface area contributed by atoms with Gasteiger partial charge in [-0.05, 0) is 61.9 Å². The number of amides is 1. The fourth-order valence-corrected chi connectivity index (χ4v) is 3.98. The standard InChI is InChI=1S/C21H30N2O2/c1-22-15-11-21(10-9-20(22)24)12-16-23(17-13-21)14-3-4-18-5-7-19(25-2)8-6-18/h3-8H,9-17H2,1-2H3/b4-3+. The first-order valence-electron chi connectivity index (χ1n) is 9.37. The second kappa shape index (κ2) is 8.05. The number of carbonyl (C=O) groups is 1. The van der Waals surface area contributed by atoms with Crippen LogP contribution in [-0.2, 0) is 4.79 Å². The number of piperidine rings is 1. The molecule has 0 aromatic heterocycles. The molecule has 2 fully saturated rings. The number of methoxy groups -OCH3 is 1. The number of likely N-dealkylation sites (tertiary alicyclic amines) is 2. The Balaban J connectivity index is 1.47. The van der Waals surface area contributed by atoms with Crippen LogP contribution in [0.15, 0.2) is 30.3 Å². The molecule has 2 aliphatic heterocycles. The third-order valence-electron chi connectivity index (χ3n) is 5.98. The number of benzene rings is 1. The van der Waals surface area contributed by atoms with Crippen LogP contribution in [-0.4, -0.2) is 56.0 Å². The Bertz CT molecular complexity index is 601. The van der Waals surface area contributed by atoms with Gasteiger partial charge in [-0.1, -0.05) is 24.3 Å². The maximum atomic E-state index is 11.9. The first-order chi connectivity index (χ1) is 12.1. The number of nitrogens with zero attached hydrogens (tertiary/aromatic N) is 2. The largest absolute Gasteiger partial charge is 0.497 e. The normalized spacial score (nSPS) is 21.7. The fraction of sp³-hybridized carbons (Fsp3) is 0.571. The third kappa shape index (κ3) is 4.63. The van der Waals surface area contributed by atoms with Crippen molar-refractivity contribution in [3.8, 4) is 5.75 Å². The van der Waals surface area contributed by atoms with Crippen molar-refractivity contribution >= 4 is 12.0 Å². The molecule has 0 aliphatic carbocycles. The Morgan fingerprint density at radius 1 is 1.08 bits per heavy atom. The highest BCUT2D eigenvalue weighted by atomic mass is 16.5. The molecule has 2 saturated heterocycles. The van der Waals surface area contributed by atoms with E-state index in [2.05, 4.69) is 29.2 Å². The summed E-state index contributed by atoms with van der Waals surface area (Å²) < 4.78 is 5.19. The molecule has 0 bridgehead atoms. The van der Waals surface area contributed by atoms with E-state index < -0.39 is 0 Å². The number of rotatable bonds is 4. The zero-order chi connectivity index (χ0) is 17.7. The number of hydrogen-bond donors (Lipinski definition) is 0. The minimum Gasteiger partial charge on any atom is -0.497 e. The van der Waals surface area contributed by atoms with Gasteiger partial charge in [0, 0.05) is 26.6 Å². The van der Waals surface area contributed by atoms with Crippen LogP contribution in [0.2, 0.25) is 0 Å². The smallest absolute Gasteiger partial charge is 0.222 e. The molecule has 0 radical (unpaired) electrons. The molecule has 0 atom stereocenters. The van der Waals surface area contributed by atoms with Crippen molar-refractivity contribution in [2.75, 3.05) is 40.3 Å². The molecule has 4 heteroatoms. The van der Waals surface area contributed by atoms with Crippen molar-refractivity contribution in [3.05, 3.63) is 35.9 Å². The second-order valence-electron chi connectivity index (χ2n) is 7.54. The average Bonchev–Trinajstić information content (AvgIpc) is 2.78. The molecule has 1 aromatic rings. The van der Waals surface area contributed by atoms with Gasteiger partial charge in [0.2, 0.25) is 5.91 Å². The Labute approximate surface area is 151 Å². The van der Waals surface area contributed by atoms with Crippen molar-refractivity contribution < 1.29 is 9.53 Å². The van der Waals surface area contributed by atoms with Crippen molar-refractivity contribution in [3.63, 3.8) is 0 Å². The van der Waals surface area contributed by atoms with Gasteiger partial charge in [0.1, 0.15) is 5.75 Å². The first kappa shape index (κ1) is 18.0. The predicted molar refractivity (Wildman–Crippen MR) is 102 cm³/mol. The summed E-state index contributed by atoms with van der Waals surface area (Å²) in [5.74, 6) is 1.22. The van der Waals surface area contributed by atoms with Crippen LogP contribution in [0.4, 0.5) is 0 Å². The van der Waals surface area contributed by atoms with Gasteiger partial charge in [-0.25, -0.2) is 0 Å². The van der Waals surface area contributed by atoms with Crippen LogP contribution in [0.1, 0.15) is 37.7 Å². The molecule has 1 spiro atoms. The minimum absolute atomic E-state index is 0.321. The van der Waals surface area contributed by atoms with E-state index in [-0.39, 0.29) is 0 Å². The zero-order valence-electron chi connectivity index (χ0n) is 15.5. The quantitative estimate of drug-likeness (QED) is 0.840. The average molecular weight is 342 g/mol. The van der Waals surface area contributed by atoms with Crippen LogP contribution in [0.3, 0.4) is 0 Å². The highest BCUT2D eigenvalue weighted by molar-refractivity contribution is 5.76. The fourth-order valence-electron chi connectivity index (χ4n) is 3.98. The first-order valence-corrected chi connectivity index (χ1v) is 9.37. The Hall–Kier alpha value is -1.81. The lowest BCUT2D eigenvalue weighted by Gasteiger charge is -2.41. The van der Waals surface area contributed by atoms with E-state index in [1.54, 1.807) is 7.11 Å². The van der Waals surface area contributed by atoms with Crippen molar-refractivity contribution in [1.29, 1.82) is 0 Å². The monoisotopic (exact) mass is 342 g/mol.